The molecule has 0 aromatic carbocycles. The van der Waals surface area contributed by atoms with Gasteiger partial charge in [0.25, 0.3) is 0 Å². The second kappa shape index (κ2) is 7.70. The van der Waals surface area contributed by atoms with Crippen LogP contribution < -0.4 is 0 Å². The van der Waals surface area contributed by atoms with Crippen LogP contribution in [0.5, 0.6) is 0 Å². The van der Waals surface area contributed by atoms with Crippen molar-refractivity contribution in [2.45, 2.75) is 33.1 Å². The van der Waals surface area contributed by atoms with Gasteiger partial charge in [-0.25, -0.2) is 0 Å². The Morgan fingerprint density at radius 3 is 2.90 bits per heavy atom. The van der Waals surface area contributed by atoms with Crippen molar-refractivity contribution in [2.75, 3.05) is 20.2 Å². The lowest BCUT2D eigenvalue weighted by Crippen LogP contribution is -2.32. The summed E-state index contributed by atoms with van der Waals surface area (Å²) >= 11 is 1.66. The largest absolute Gasteiger partial charge is 0.389 e. The van der Waals surface area contributed by atoms with Crippen LogP contribution in [0, 0.1) is 13.8 Å². The predicted octanol–water partition coefficient (Wildman–Crippen LogP) is 2.36. The summed E-state index contributed by atoms with van der Waals surface area (Å²) in [5.41, 5.74) is 1.99. The van der Waals surface area contributed by atoms with Crippen LogP contribution in [0.25, 0.3) is 0 Å². The van der Waals surface area contributed by atoms with Gasteiger partial charge in [0.1, 0.15) is 5.76 Å². The van der Waals surface area contributed by atoms with Crippen molar-refractivity contribution in [2.24, 2.45) is 0 Å². The van der Waals surface area contributed by atoms with Gasteiger partial charge in [0.2, 0.25) is 0 Å². The predicted molar refractivity (Wildman–Crippen MR) is 82.3 cm³/mol. The van der Waals surface area contributed by atoms with Gasteiger partial charge in [-0.05, 0) is 32.3 Å². The molecule has 0 saturated carbocycles. The molecule has 0 unspecified atom stereocenters. The van der Waals surface area contributed by atoms with E-state index in [1.54, 1.807) is 11.3 Å². The highest BCUT2D eigenvalue weighted by atomic mass is 32.1. The number of hydrogen-bond acceptors (Lipinski definition) is 6. The van der Waals surface area contributed by atoms with Crippen LogP contribution in [0.2, 0.25) is 0 Å². The summed E-state index contributed by atoms with van der Waals surface area (Å²) in [7, 11) is 1.97. The maximum absolute atomic E-state index is 10.0. The number of likely N-dealkylation sites (N-methyl/N-ethyl adjacent to an activating group) is 1. The van der Waals surface area contributed by atoms with E-state index in [2.05, 4.69) is 5.16 Å². The lowest BCUT2D eigenvalue weighted by molar-refractivity contribution is 0.0134. The smallest absolute Gasteiger partial charge is 0.138 e. The molecule has 2 rings (SSSR count). The molecule has 6 heteroatoms. The molecule has 0 aliphatic rings. The topological polar surface area (TPSA) is 58.7 Å². The Labute approximate surface area is 129 Å². The maximum atomic E-state index is 10.0. The number of aromatic nitrogens is 1. The van der Waals surface area contributed by atoms with E-state index in [0.29, 0.717) is 26.3 Å². The molecular weight excluding hydrogens is 288 g/mol. The molecule has 0 aliphatic carbocycles. The summed E-state index contributed by atoms with van der Waals surface area (Å²) in [6.45, 7) is 5.99. The first-order chi connectivity index (χ1) is 10.1. The molecule has 2 heterocycles. The number of nitrogens with zero attached hydrogens (tertiary/aromatic N) is 2. The molecule has 116 valence electrons. The van der Waals surface area contributed by atoms with Crippen molar-refractivity contribution < 1.29 is 14.4 Å². The van der Waals surface area contributed by atoms with Gasteiger partial charge in [0.05, 0.1) is 25.0 Å². The Bertz CT molecular complexity index is 520. The van der Waals surface area contributed by atoms with Crippen molar-refractivity contribution in [3.8, 4) is 0 Å². The van der Waals surface area contributed by atoms with Crippen LogP contribution in [-0.4, -0.2) is 41.5 Å². The lowest BCUT2D eigenvalue weighted by Gasteiger charge is -2.20. The Balaban J connectivity index is 1.70. The highest BCUT2D eigenvalue weighted by Crippen LogP contribution is 2.14. The third-order valence-electron chi connectivity index (χ3n) is 3.27. The molecule has 1 N–H and O–H groups in total. The molecule has 1 atom stereocenters. The van der Waals surface area contributed by atoms with Crippen LogP contribution in [0.3, 0.4) is 0 Å². The van der Waals surface area contributed by atoms with E-state index in [1.165, 1.54) is 4.88 Å². The Morgan fingerprint density at radius 1 is 1.48 bits per heavy atom. The van der Waals surface area contributed by atoms with Crippen molar-refractivity contribution in [1.82, 2.24) is 10.1 Å². The molecule has 0 amide bonds. The number of thiophene rings is 1. The van der Waals surface area contributed by atoms with Gasteiger partial charge in [0, 0.05) is 23.5 Å². The Hall–Kier alpha value is -1.21. The Morgan fingerprint density at radius 2 is 2.29 bits per heavy atom. The van der Waals surface area contributed by atoms with Gasteiger partial charge in [-0.1, -0.05) is 11.2 Å². The number of rotatable bonds is 8. The van der Waals surface area contributed by atoms with Crippen molar-refractivity contribution in [3.05, 3.63) is 39.4 Å². The van der Waals surface area contributed by atoms with E-state index >= 15 is 0 Å². The quantitative estimate of drug-likeness (QED) is 0.811. The van der Waals surface area contributed by atoms with E-state index < -0.39 is 6.10 Å². The summed E-state index contributed by atoms with van der Waals surface area (Å²) in [5, 5.41) is 16.0. The molecular formula is C15H22N2O3S. The molecule has 0 spiro atoms. The minimum atomic E-state index is -0.504. The number of aryl methyl sites for hydroxylation is 2. The molecule has 21 heavy (non-hydrogen) atoms. The standard InChI is InChI=1S/C15H22N2O3S/c1-11-15(12(2)20-16-11)8-17(3)7-13(18)9-19-10-14-5-4-6-21-14/h4-6,13,18H,7-10H2,1-3H3/t13-/m0/s1. The second-order valence-electron chi connectivity index (χ2n) is 5.25. The van der Waals surface area contributed by atoms with Gasteiger partial charge in [0.15, 0.2) is 0 Å². The third kappa shape index (κ3) is 4.93. The summed E-state index contributed by atoms with van der Waals surface area (Å²) in [6, 6.07) is 4.03. The monoisotopic (exact) mass is 310 g/mol. The van der Waals surface area contributed by atoms with Crippen molar-refractivity contribution >= 4 is 11.3 Å². The second-order valence-corrected chi connectivity index (χ2v) is 6.28. The molecule has 0 aliphatic heterocycles. The number of ether oxygens (including phenoxy) is 1. The first-order valence-corrected chi connectivity index (χ1v) is 7.82. The van der Waals surface area contributed by atoms with E-state index in [-0.39, 0.29) is 0 Å². The maximum Gasteiger partial charge on any atom is 0.138 e. The third-order valence-corrected chi connectivity index (χ3v) is 4.12. The van der Waals surface area contributed by atoms with Crippen molar-refractivity contribution in [1.29, 1.82) is 0 Å². The van der Waals surface area contributed by atoms with Crippen molar-refractivity contribution in [3.63, 3.8) is 0 Å². The van der Waals surface area contributed by atoms with E-state index in [9.17, 15) is 5.11 Å². The van der Waals surface area contributed by atoms with Gasteiger partial charge in [-0.3, -0.25) is 4.90 Å². The van der Waals surface area contributed by atoms with Crippen LogP contribution in [-0.2, 0) is 17.9 Å². The van der Waals surface area contributed by atoms with Crippen LogP contribution in [0.1, 0.15) is 21.9 Å². The fourth-order valence-electron chi connectivity index (χ4n) is 2.16. The van der Waals surface area contributed by atoms with Gasteiger partial charge in [-0.15, -0.1) is 11.3 Å². The molecule has 0 radical (unpaired) electrons. The molecule has 5 nitrogen and oxygen atoms in total. The highest BCUT2D eigenvalue weighted by Gasteiger charge is 2.14. The van der Waals surface area contributed by atoms with Gasteiger partial charge < -0.3 is 14.4 Å². The normalized spacial score (nSPS) is 13.0. The fourth-order valence-corrected chi connectivity index (χ4v) is 2.81. The van der Waals surface area contributed by atoms with Gasteiger partial charge in [-0.2, -0.15) is 0 Å². The minimum absolute atomic E-state index is 0.337. The summed E-state index contributed by atoms with van der Waals surface area (Å²) in [6.07, 6.45) is -0.504. The van der Waals surface area contributed by atoms with Crippen LogP contribution >= 0.6 is 11.3 Å². The van der Waals surface area contributed by atoms with Gasteiger partial charge >= 0.3 is 0 Å². The zero-order chi connectivity index (χ0) is 15.2. The zero-order valence-corrected chi connectivity index (χ0v) is 13.5. The molecule has 2 aromatic heterocycles. The summed E-state index contributed by atoms with van der Waals surface area (Å²) in [5.74, 6) is 0.836. The highest BCUT2D eigenvalue weighted by molar-refractivity contribution is 7.09. The van der Waals surface area contributed by atoms with E-state index in [1.807, 2.05) is 43.3 Å². The summed E-state index contributed by atoms with van der Waals surface area (Å²) in [4.78, 5) is 3.22. The van der Waals surface area contributed by atoms with E-state index in [4.69, 9.17) is 9.26 Å². The van der Waals surface area contributed by atoms with Crippen LogP contribution in [0.4, 0.5) is 0 Å². The lowest BCUT2D eigenvalue weighted by atomic mass is 10.2. The molecule has 0 saturated heterocycles. The average molecular weight is 310 g/mol. The summed E-state index contributed by atoms with van der Waals surface area (Å²) < 4.78 is 10.7. The first-order valence-electron chi connectivity index (χ1n) is 6.94. The number of aliphatic hydroxyl groups excluding tert-OH is 1. The van der Waals surface area contributed by atoms with Crippen LogP contribution in [0.15, 0.2) is 22.0 Å². The molecule has 0 fully saturated rings. The fraction of sp³-hybridized carbons (Fsp3) is 0.533. The first kappa shape index (κ1) is 16.2. The average Bonchev–Trinajstić information content (AvgIpc) is 3.04. The number of hydrogen-bond donors (Lipinski definition) is 1. The zero-order valence-electron chi connectivity index (χ0n) is 12.7. The van der Waals surface area contributed by atoms with E-state index in [0.717, 1.165) is 17.0 Å². The SMILES string of the molecule is Cc1noc(C)c1CN(C)C[C@H](O)COCc1cccs1. The number of aliphatic hydroxyl groups is 1. The molecule has 2 aromatic rings. The minimum Gasteiger partial charge on any atom is -0.389 e. The molecule has 0 bridgehead atoms. The Kier molecular flexibility index (Phi) is 5.93.